The van der Waals surface area contributed by atoms with E-state index in [1.165, 1.54) is 5.56 Å². The van der Waals surface area contributed by atoms with E-state index in [1.54, 1.807) is 0 Å². The standard InChI is InChI=1S/C14H13N3/c1-10-2-7-13-8-16-14(17(13)9-10)11-3-5-12(15)6-4-11/h2-9H,15H2,1H3. The van der Waals surface area contributed by atoms with Gasteiger partial charge in [-0.3, -0.25) is 4.40 Å². The molecule has 17 heavy (non-hydrogen) atoms. The van der Waals surface area contributed by atoms with E-state index in [0.29, 0.717) is 0 Å². The smallest absolute Gasteiger partial charge is 0.144 e. The number of fused-ring (bicyclic) bond motifs is 1. The Bertz CT molecular complexity index is 666. The van der Waals surface area contributed by atoms with Gasteiger partial charge in [-0.25, -0.2) is 4.98 Å². The fraction of sp³-hybridized carbons (Fsp3) is 0.0714. The summed E-state index contributed by atoms with van der Waals surface area (Å²) < 4.78 is 2.10. The highest BCUT2D eigenvalue weighted by Gasteiger charge is 2.05. The molecule has 0 amide bonds. The Labute approximate surface area is 99.5 Å². The summed E-state index contributed by atoms with van der Waals surface area (Å²) in [6.45, 7) is 2.08. The summed E-state index contributed by atoms with van der Waals surface area (Å²) in [7, 11) is 0. The Morgan fingerprint density at radius 3 is 2.59 bits per heavy atom. The van der Waals surface area contributed by atoms with Crippen LogP contribution in [0.3, 0.4) is 0 Å². The lowest BCUT2D eigenvalue weighted by Crippen LogP contribution is -1.91. The summed E-state index contributed by atoms with van der Waals surface area (Å²) in [4.78, 5) is 4.46. The van der Waals surface area contributed by atoms with Crippen LogP contribution in [0.5, 0.6) is 0 Å². The average Bonchev–Trinajstić information content (AvgIpc) is 2.73. The third-order valence-corrected chi connectivity index (χ3v) is 2.84. The van der Waals surface area contributed by atoms with Gasteiger partial charge in [0.05, 0.1) is 11.7 Å². The van der Waals surface area contributed by atoms with Crippen LogP contribution >= 0.6 is 0 Å². The first kappa shape index (κ1) is 9.90. The molecule has 0 saturated carbocycles. The van der Waals surface area contributed by atoms with Crippen molar-refractivity contribution in [1.82, 2.24) is 9.38 Å². The quantitative estimate of drug-likeness (QED) is 0.644. The number of nitrogen functional groups attached to an aromatic ring is 1. The van der Waals surface area contributed by atoms with E-state index < -0.39 is 0 Å². The maximum Gasteiger partial charge on any atom is 0.144 e. The molecule has 3 heteroatoms. The van der Waals surface area contributed by atoms with Crippen molar-refractivity contribution in [2.45, 2.75) is 6.92 Å². The number of imidazole rings is 1. The fourth-order valence-electron chi connectivity index (χ4n) is 1.94. The minimum atomic E-state index is 0.769. The molecule has 0 atom stereocenters. The monoisotopic (exact) mass is 223 g/mol. The summed E-state index contributed by atoms with van der Waals surface area (Å²) in [5.41, 5.74) is 9.85. The van der Waals surface area contributed by atoms with E-state index in [9.17, 15) is 0 Å². The highest BCUT2D eigenvalue weighted by atomic mass is 15.0. The predicted molar refractivity (Wildman–Crippen MR) is 69.8 cm³/mol. The molecule has 0 unspecified atom stereocenters. The Hall–Kier alpha value is -2.29. The third-order valence-electron chi connectivity index (χ3n) is 2.84. The van der Waals surface area contributed by atoms with E-state index in [1.807, 2.05) is 30.5 Å². The molecule has 0 fully saturated rings. The van der Waals surface area contributed by atoms with Gasteiger partial charge in [0.25, 0.3) is 0 Å². The molecule has 2 N–H and O–H groups in total. The molecule has 0 spiro atoms. The van der Waals surface area contributed by atoms with Crippen molar-refractivity contribution in [2.24, 2.45) is 0 Å². The zero-order valence-corrected chi connectivity index (χ0v) is 9.59. The van der Waals surface area contributed by atoms with Gasteiger partial charge in [0.1, 0.15) is 5.82 Å². The second-order valence-corrected chi connectivity index (χ2v) is 4.21. The minimum Gasteiger partial charge on any atom is -0.399 e. The fourth-order valence-corrected chi connectivity index (χ4v) is 1.94. The molecule has 0 radical (unpaired) electrons. The van der Waals surface area contributed by atoms with Crippen LogP contribution in [-0.2, 0) is 0 Å². The number of benzene rings is 1. The summed E-state index contributed by atoms with van der Waals surface area (Å²) in [6, 6.07) is 11.9. The molecule has 0 saturated heterocycles. The first-order valence-corrected chi connectivity index (χ1v) is 5.54. The Kier molecular flexibility index (Phi) is 2.11. The Morgan fingerprint density at radius 2 is 1.82 bits per heavy atom. The Balaban J connectivity index is 2.23. The molecule has 0 aliphatic rings. The van der Waals surface area contributed by atoms with Crippen molar-refractivity contribution < 1.29 is 0 Å². The van der Waals surface area contributed by atoms with Gasteiger partial charge < -0.3 is 5.73 Å². The first-order chi connectivity index (χ1) is 8.24. The van der Waals surface area contributed by atoms with Crippen LogP contribution < -0.4 is 5.73 Å². The second-order valence-electron chi connectivity index (χ2n) is 4.21. The molecule has 0 aliphatic heterocycles. The number of aryl methyl sites for hydroxylation is 1. The average molecular weight is 223 g/mol. The molecule has 0 bridgehead atoms. The summed E-state index contributed by atoms with van der Waals surface area (Å²) in [5.74, 6) is 0.948. The van der Waals surface area contributed by atoms with Crippen LogP contribution in [0.2, 0.25) is 0 Å². The maximum atomic E-state index is 5.69. The molecular weight excluding hydrogens is 210 g/mol. The first-order valence-electron chi connectivity index (χ1n) is 5.54. The number of hydrogen-bond acceptors (Lipinski definition) is 2. The molecule has 2 heterocycles. The summed E-state index contributed by atoms with van der Waals surface area (Å²) in [5, 5.41) is 0. The summed E-state index contributed by atoms with van der Waals surface area (Å²) in [6.07, 6.45) is 3.97. The normalized spacial score (nSPS) is 10.9. The van der Waals surface area contributed by atoms with E-state index >= 15 is 0 Å². The lowest BCUT2D eigenvalue weighted by atomic mass is 10.2. The van der Waals surface area contributed by atoms with Crippen molar-refractivity contribution in [1.29, 1.82) is 0 Å². The van der Waals surface area contributed by atoms with Crippen LogP contribution in [0.4, 0.5) is 5.69 Å². The van der Waals surface area contributed by atoms with Crippen molar-refractivity contribution in [3.63, 3.8) is 0 Å². The van der Waals surface area contributed by atoms with E-state index in [4.69, 9.17) is 5.73 Å². The van der Waals surface area contributed by atoms with Crippen LogP contribution in [0.25, 0.3) is 16.9 Å². The van der Waals surface area contributed by atoms with Gasteiger partial charge in [-0.05, 0) is 42.8 Å². The van der Waals surface area contributed by atoms with Gasteiger partial charge in [0.15, 0.2) is 0 Å². The number of aromatic nitrogens is 2. The maximum absolute atomic E-state index is 5.69. The summed E-state index contributed by atoms with van der Waals surface area (Å²) >= 11 is 0. The van der Waals surface area contributed by atoms with Gasteiger partial charge in [0.2, 0.25) is 0 Å². The number of nitrogens with zero attached hydrogens (tertiary/aromatic N) is 2. The number of anilines is 1. The van der Waals surface area contributed by atoms with Crippen LogP contribution in [0.1, 0.15) is 5.56 Å². The highest BCUT2D eigenvalue weighted by Crippen LogP contribution is 2.21. The van der Waals surface area contributed by atoms with Gasteiger partial charge in [0, 0.05) is 17.4 Å². The van der Waals surface area contributed by atoms with Gasteiger partial charge in [-0.1, -0.05) is 6.07 Å². The molecule has 3 nitrogen and oxygen atoms in total. The number of rotatable bonds is 1. The number of nitrogens with two attached hydrogens (primary N) is 1. The lowest BCUT2D eigenvalue weighted by molar-refractivity contribution is 1.14. The van der Waals surface area contributed by atoms with Crippen LogP contribution in [0.15, 0.2) is 48.8 Å². The SMILES string of the molecule is Cc1ccc2cnc(-c3ccc(N)cc3)n2c1. The molecule has 1 aromatic carbocycles. The van der Waals surface area contributed by atoms with Crippen molar-refractivity contribution in [3.05, 3.63) is 54.4 Å². The molecular formula is C14H13N3. The van der Waals surface area contributed by atoms with Crippen molar-refractivity contribution in [2.75, 3.05) is 5.73 Å². The molecule has 3 aromatic rings. The number of pyridine rings is 1. The van der Waals surface area contributed by atoms with Crippen LogP contribution in [-0.4, -0.2) is 9.38 Å². The van der Waals surface area contributed by atoms with E-state index in [-0.39, 0.29) is 0 Å². The van der Waals surface area contributed by atoms with Gasteiger partial charge in [-0.15, -0.1) is 0 Å². The molecule has 0 aliphatic carbocycles. The molecule has 84 valence electrons. The molecule has 3 rings (SSSR count). The van der Waals surface area contributed by atoms with Crippen LogP contribution in [0, 0.1) is 6.92 Å². The third kappa shape index (κ3) is 1.65. The topological polar surface area (TPSA) is 43.3 Å². The van der Waals surface area contributed by atoms with Gasteiger partial charge in [-0.2, -0.15) is 0 Å². The van der Waals surface area contributed by atoms with Gasteiger partial charge >= 0.3 is 0 Å². The van der Waals surface area contributed by atoms with E-state index in [0.717, 1.165) is 22.6 Å². The van der Waals surface area contributed by atoms with E-state index in [2.05, 4.69) is 34.6 Å². The highest BCUT2D eigenvalue weighted by molar-refractivity contribution is 5.64. The zero-order chi connectivity index (χ0) is 11.8. The Morgan fingerprint density at radius 1 is 1.06 bits per heavy atom. The largest absolute Gasteiger partial charge is 0.399 e. The lowest BCUT2D eigenvalue weighted by Gasteiger charge is -2.03. The van der Waals surface area contributed by atoms with Crippen molar-refractivity contribution in [3.8, 4) is 11.4 Å². The predicted octanol–water partition coefficient (Wildman–Crippen LogP) is 2.89. The number of hydrogen-bond donors (Lipinski definition) is 1. The molecule has 2 aromatic heterocycles. The van der Waals surface area contributed by atoms with Crippen molar-refractivity contribution >= 4 is 11.2 Å². The minimum absolute atomic E-state index is 0.769. The second kappa shape index (κ2) is 3.63. The zero-order valence-electron chi connectivity index (χ0n) is 9.59.